The fraction of sp³-hybridized carbons (Fsp3) is 0.368. The number of pyridine rings is 2. The van der Waals surface area contributed by atoms with E-state index in [0.29, 0.717) is 53.5 Å². The number of carbonyl (C=O) groups excluding carboxylic acids is 2. The number of halogens is 2. The predicted octanol–water partition coefficient (Wildman–Crippen LogP) is 6.22. The molecule has 0 radical (unpaired) electrons. The lowest BCUT2D eigenvalue weighted by atomic mass is 9.99. The summed E-state index contributed by atoms with van der Waals surface area (Å²) >= 11 is 14.2. The van der Waals surface area contributed by atoms with E-state index in [-0.39, 0.29) is 23.9 Å². The Bertz CT molecular complexity index is 1750. The summed E-state index contributed by atoms with van der Waals surface area (Å²) in [4.78, 5) is 36.6. The quantitative estimate of drug-likeness (QED) is 0.188. The molecule has 12 heteroatoms. The van der Waals surface area contributed by atoms with E-state index in [1.165, 1.54) is 0 Å². The van der Waals surface area contributed by atoms with Gasteiger partial charge in [0.05, 0.1) is 35.7 Å². The zero-order valence-electron chi connectivity index (χ0n) is 28.8. The number of nitrogens with one attached hydrogen (secondary N) is 2. The topological polar surface area (TPSA) is 109 Å². The van der Waals surface area contributed by atoms with Crippen molar-refractivity contribution in [2.24, 2.45) is 0 Å². The average molecular weight is 718 g/mol. The van der Waals surface area contributed by atoms with Crippen LogP contribution in [0.15, 0.2) is 60.8 Å². The molecule has 50 heavy (non-hydrogen) atoms. The minimum Gasteiger partial charge on any atom is -0.496 e. The average Bonchev–Trinajstić information content (AvgIpc) is 3.81. The summed E-state index contributed by atoms with van der Waals surface area (Å²) < 4.78 is 11.5. The van der Waals surface area contributed by atoms with E-state index in [1.807, 2.05) is 64.4 Å². The van der Waals surface area contributed by atoms with Crippen LogP contribution in [0.5, 0.6) is 11.6 Å². The van der Waals surface area contributed by atoms with Crippen LogP contribution < -0.4 is 20.1 Å². The maximum Gasteiger partial charge on any atom is 0.219 e. The van der Waals surface area contributed by atoms with Crippen molar-refractivity contribution in [1.29, 1.82) is 0 Å². The number of methoxy groups -OCH3 is 2. The molecule has 262 valence electrons. The van der Waals surface area contributed by atoms with E-state index in [4.69, 9.17) is 37.7 Å². The van der Waals surface area contributed by atoms with Crippen LogP contribution in [0.1, 0.15) is 37.8 Å². The second kappa shape index (κ2) is 15.8. The van der Waals surface area contributed by atoms with Crippen LogP contribution >= 0.6 is 23.2 Å². The Kier molecular flexibility index (Phi) is 11.2. The standard InChI is InChI=1S/C38H42Cl2N6O4/c1-23(47)45-16-13-28(21-45)42-19-26-9-8-25(18-34(26)49-3)37-36(40)31(12-15-41-37)30-6-5-7-32(35(30)39)33-11-10-27(38(44-33)50-4)20-43-29-14-17-46(22-29)24(2)48/h5-12,15,18,28-29,42-43H,13-14,16-17,19-22H2,1-4H3/t28-,29-/m0/s1. The lowest BCUT2D eigenvalue weighted by Gasteiger charge is -2.17. The van der Waals surface area contributed by atoms with Gasteiger partial charge in [-0.05, 0) is 31.0 Å². The molecule has 2 N–H and O–H groups in total. The number of hydrogen-bond acceptors (Lipinski definition) is 8. The minimum atomic E-state index is 0.101. The van der Waals surface area contributed by atoms with Crippen molar-refractivity contribution in [3.05, 3.63) is 82.0 Å². The highest BCUT2D eigenvalue weighted by molar-refractivity contribution is 6.39. The fourth-order valence-corrected chi connectivity index (χ4v) is 7.34. The number of aromatic nitrogens is 2. The first-order valence-corrected chi connectivity index (χ1v) is 17.5. The minimum absolute atomic E-state index is 0.101. The van der Waals surface area contributed by atoms with Crippen molar-refractivity contribution in [2.75, 3.05) is 40.4 Å². The van der Waals surface area contributed by atoms with Gasteiger partial charge in [0, 0.05) is 105 Å². The van der Waals surface area contributed by atoms with Crippen LogP contribution in [-0.4, -0.2) is 84.1 Å². The molecule has 6 rings (SSSR count). The molecule has 4 heterocycles. The highest BCUT2D eigenvalue weighted by Crippen LogP contribution is 2.42. The van der Waals surface area contributed by atoms with Crippen molar-refractivity contribution in [3.63, 3.8) is 0 Å². The Labute approximate surface area is 303 Å². The van der Waals surface area contributed by atoms with Crippen molar-refractivity contribution in [1.82, 2.24) is 30.4 Å². The van der Waals surface area contributed by atoms with Crippen molar-refractivity contribution < 1.29 is 19.1 Å². The third-order valence-electron chi connectivity index (χ3n) is 9.58. The van der Waals surface area contributed by atoms with Gasteiger partial charge in [-0.25, -0.2) is 4.98 Å². The molecule has 0 saturated carbocycles. The number of hydrogen-bond donors (Lipinski definition) is 2. The van der Waals surface area contributed by atoms with Crippen LogP contribution in [0.3, 0.4) is 0 Å². The highest BCUT2D eigenvalue weighted by Gasteiger charge is 2.25. The lowest BCUT2D eigenvalue weighted by molar-refractivity contribution is -0.128. The van der Waals surface area contributed by atoms with Crippen LogP contribution in [0.4, 0.5) is 0 Å². The molecule has 0 aliphatic carbocycles. The summed E-state index contributed by atoms with van der Waals surface area (Å²) in [6.45, 7) is 7.34. The summed E-state index contributed by atoms with van der Waals surface area (Å²) in [7, 11) is 3.26. The van der Waals surface area contributed by atoms with Gasteiger partial charge in [-0.15, -0.1) is 0 Å². The highest BCUT2D eigenvalue weighted by atomic mass is 35.5. The lowest BCUT2D eigenvalue weighted by Crippen LogP contribution is -2.33. The third-order valence-corrected chi connectivity index (χ3v) is 10.4. The number of nitrogens with zero attached hydrogens (tertiary/aromatic N) is 4. The number of rotatable bonds is 11. The van der Waals surface area contributed by atoms with Crippen LogP contribution in [0.25, 0.3) is 33.6 Å². The van der Waals surface area contributed by atoms with Gasteiger partial charge in [-0.2, -0.15) is 0 Å². The van der Waals surface area contributed by atoms with Crippen molar-refractivity contribution >= 4 is 35.0 Å². The van der Waals surface area contributed by atoms with Crippen molar-refractivity contribution in [3.8, 4) is 45.3 Å². The third kappa shape index (κ3) is 7.73. The van der Waals surface area contributed by atoms with Gasteiger partial charge in [-0.1, -0.05) is 59.6 Å². The number of carbonyl (C=O) groups is 2. The summed E-state index contributed by atoms with van der Waals surface area (Å²) in [5.74, 6) is 1.44. The molecule has 2 atom stereocenters. The first kappa shape index (κ1) is 35.6. The largest absolute Gasteiger partial charge is 0.496 e. The molecule has 2 aromatic carbocycles. The van der Waals surface area contributed by atoms with Gasteiger partial charge in [0.1, 0.15) is 5.75 Å². The van der Waals surface area contributed by atoms with Crippen LogP contribution in [0.2, 0.25) is 10.0 Å². The Hall–Kier alpha value is -4.22. The Morgan fingerprint density at radius 1 is 0.800 bits per heavy atom. The van der Waals surface area contributed by atoms with E-state index in [9.17, 15) is 9.59 Å². The van der Waals surface area contributed by atoms with Crippen LogP contribution in [-0.2, 0) is 22.7 Å². The Morgan fingerprint density at radius 2 is 1.42 bits per heavy atom. The Balaban J connectivity index is 1.21. The van der Waals surface area contributed by atoms with Crippen molar-refractivity contribution in [2.45, 2.75) is 51.9 Å². The molecule has 10 nitrogen and oxygen atoms in total. The molecule has 0 unspecified atom stereocenters. The maximum absolute atomic E-state index is 11.7. The molecule has 2 fully saturated rings. The van der Waals surface area contributed by atoms with Gasteiger partial charge >= 0.3 is 0 Å². The number of likely N-dealkylation sites (tertiary alicyclic amines) is 2. The smallest absolute Gasteiger partial charge is 0.219 e. The van der Waals surface area contributed by atoms with E-state index in [2.05, 4.69) is 15.6 Å². The second-order valence-corrected chi connectivity index (χ2v) is 13.5. The fourth-order valence-electron chi connectivity index (χ4n) is 6.69. The summed E-state index contributed by atoms with van der Waals surface area (Å²) in [6.07, 6.45) is 3.56. The first-order chi connectivity index (χ1) is 24.2. The number of ether oxygens (including phenoxy) is 2. The van der Waals surface area contributed by atoms with Gasteiger partial charge in [0.2, 0.25) is 17.7 Å². The SMILES string of the molecule is COc1cc(-c2nccc(-c3cccc(-c4ccc(CN[C@H]5CCN(C(C)=O)C5)c(OC)n4)c3Cl)c2Cl)ccc1CN[C@H]1CCN(C(C)=O)C1. The molecule has 2 saturated heterocycles. The maximum atomic E-state index is 11.7. The number of benzene rings is 2. The normalized spacial score (nSPS) is 17.3. The monoisotopic (exact) mass is 716 g/mol. The summed E-state index contributed by atoms with van der Waals surface area (Å²) in [5, 5.41) is 8.07. The molecule has 2 amide bonds. The Morgan fingerprint density at radius 3 is 2.04 bits per heavy atom. The first-order valence-electron chi connectivity index (χ1n) is 16.8. The molecule has 2 aromatic heterocycles. The van der Waals surface area contributed by atoms with E-state index in [0.717, 1.165) is 65.1 Å². The van der Waals surface area contributed by atoms with Gasteiger partial charge in [-0.3, -0.25) is 14.6 Å². The molecule has 0 bridgehead atoms. The van der Waals surface area contributed by atoms with E-state index in [1.54, 1.807) is 34.3 Å². The predicted molar refractivity (Wildman–Crippen MR) is 196 cm³/mol. The molecule has 4 aromatic rings. The van der Waals surface area contributed by atoms with E-state index >= 15 is 0 Å². The molecular weight excluding hydrogens is 675 g/mol. The van der Waals surface area contributed by atoms with Gasteiger partial charge < -0.3 is 29.9 Å². The second-order valence-electron chi connectivity index (χ2n) is 12.7. The molecular formula is C38H42Cl2N6O4. The zero-order valence-corrected chi connectivity index (χ0v) is 30.3. The molecule has 2 aliphatic rings. The number of amides is 2. The van der Waals surface area contributed by atoms with Gasteiger partial charge in [0.25, 0.3) is 0 Å². The van der Waals surface area contributed by atoms with E-state index < -0.39 is 0 Å². The molecule has 2 aliphatic heterocycles. The zero-order chi connectivity index (χ0) is 35.4. The van der Waals surface area contributed by atoms with Crippen LogP contribution in [0, 0.1) is 0 Å². The summed E-state index contributed by atoms with van der Waals surface area (Å²) in [6, 6.07) is 18.0. The van der Waals surface area contributed by atoms with Gasteiger partial charge in [0.15, 0.2) is 0 Å². The summed E-state index contributed by atoms with van der Waals surface area (Å²) in [5.41, 5.74) is 6.27. The molecule has 0 spiro atoms.